The van der Waals surface area contributed by atoms with Crippen molar-refractivity contribution in [1.29, 1.82) is 0 Å². The predicted octanol–water partition coefficient (Wildman–Crippen LogP) is 3.01. The second-order valence-corrected chi connectivity index (χ2v) is 4.26. The van der Waals surface area contributed by atoms with Crippen molar-refractivity contribution < 1.29 is 14.6 Å². The number of halogens is 1. The number of benzene rings is 1. The van der Waals surface area contributed by atoms with Gasteiger partial charge in [0.25, 0.3) is 0 Å². The average molecular weight is 291 g/mol. The van der Waals surface area contributed by atoms with E-state index in [-0.39, 0.29) is 10.8 Å². The van der Waals surface area contributed by atoms with Gasteiger partial charge in [-0.3, -0.25) is 0 Å². The third kappa shape index (κ3) is 3.55. The number of ether oxygens (including phenoxy) is 1. The monoisotopic (exact) mass is 290 g/mol. The van der Waals surface area contributed by atoms with Gasteiger partial charge in [0, 0.05) is 18.0 Å². The normalized spacial score (nSPS) is 10.7. The molecular weight excluding hydrogens is 280 g/mol. The Balaban J connectivity index is 2.30. The van der Waals surface area contributed by atoms with Crippen LogP contribution in [-0.2, 0) is 0 Å². The molecule has 2 aromatic rings. The van der Waals surface area contributed by atoms with Gasteiger partial charge in [0.2, 0.25) is 5.28 Å². The van der Waals surface area contributed by atoms with Gasteiger partial charge in [0.1, 0.15) is 5.75 Å². The molecule has 2 rings (SSSR count). The summed E-state index contributed by atoms with van der Waals surface area (Å²) in [7, 11) is 1.49. The zero-order chi connectivity index (χ0) is 14.5. The van der Waals surface area contributed by atoms with Crippen molar-refractivity contribution in [2.75, 3.05) is 7.11 Å². The van der Waals surface area contributed by atoms with E-state index in [9.17, 15) is 4.79 Å². The molecule has 0 fully saturated rings. The molecule has 1 heterocycles. The maximum absolute atomic E-state index is 11.0. The highest BCUT2D eigenvalue weighted by Crippen LogP contribution is 2.19. The first-order valence-electron chi connectivity index (χ1n) is 5.66. The fourth-order valence-corrected chi connectivity index (χ4v) is 1.66. The second-order valence-electron chi connectivity index (χ2n) is 3.92. The van der Waals surface area contributed by atoms with Crippen molar-refractivity contribution in [3.63, 3.8) is 0 Å². The number of hydrogen-bond donors (Lipinski definition) is 1. The minimum absolute atomic E-state index is 0.163. The maximum Gasteiger partial charge on any atom is 0.335 e. The lowest BCUT2D eigenvalue weighted by Crippen LogP contribution is -1.97. The smallest absolute Gasteiger partial charge is 0.335 e. The van der Waals surface area contributed by atoms with E-state index in [0.29, 0.717) is 11.3 Å². The standard InChI is InChI=1S/C14H11ClN2O3/c1-20-12-5-9(4-11(6-12)13(18)19)2-3-10-7-16-14(15)17-8-10/h2-8H,1H3,(H,18,19)/b3-2+. The molecule has 0 aliphatic carbocycles. The summed E-state index contributed by atoms with van der Waals surface area (Å²) in [6, 6.07) is 4.75. The molecule has 0 radical (unpaired) electrons. The second kappa shape index (κ2) is 6.16. The van der Waals surface area contributed by atoms with Gasteiger partial charge in [-0.1, -0.05) is 12.2 Å². The summed E-state index contributed by atoms with van der Waals surface area (Å²) >= 11 is 5.60. The van der Waals surface area contributed by atoms with Gasteiger partial charge in [-0.05, 0) is 35.4 Å². The third-order valence-electron chi connectivity index (χ3n) is 2.52. The first-order chi connectivity index (χ1) is 9.58. The number of rotatable bonds is 4. The molecule has 20 heavy (non-hydrogen) atoms. The number of carboxylic acid groups (broad SMARTS) is 1. The van der Waals surface area contributed by atoms with E-state index in [0.717, 1.165) is 5.56 Å². The van der Waals surface area contributed by atoms with E-state index in [1.165, 1.54) is 13.2 Å². The Morgan fingerprint density at radius 2 is 1.85 bits per heavy atom. The topological polar surface area (TPSA) is 72.3 Å². The molecule has 0 amide bonds. The van der Waals surface area contributed by atoms with Crippen molar-refractivity contribution in [1.82, 2.24) is 9.97 Å². The quantitative estimate of drug-likeness (QED) is 0.876. The van der Waals surface area contributed by atoms with E-state index in [2.05, 4.69) is 9.97 Å². The first kappa shape index (κ1) is 14.0. The van der Waals surface area contributed by atoms with Crippen molar-refractivity contribution in [2.24, 2.45) is 0 Å². The number of aromatic nitrogens is 2. The Bertz CT molecular complexity index is 654. The van der Waals surface area contributed by atoms with E-state index in [4.69, 9.17) is 21.4 Å². The van der Waals surface area contributed by atoms with Crippen LogP contribution in [0.1, 0.15) is 21.5 Å². The van der Waals surface area contributed by atoms with Crippen LogP contribution in [0.15, 0.2) is 30.6 Å². The van der Waals surface area contributed by atoms with Crippen molar-refractivity contribution >= 4 is 29.7 Å². The van der Waals surface area contributed by atoms with Crippen molar-refractivity contribution in [3.8, 4) is 5.75 Å². The van der Waals surface area contributed by atoms with E-state index >= 15 is 0 Å². The number of carboxylic acids is 1. The molecule has 5 nitrogen and oxygen atoms in total. The first-order valence-corrected chi connectivity index (χ1v) is 6.04. The number of hydrogen-bond acceptors (Lipinski definition) is 4. The van der Waals surface area contributed by atoms with E-state index < -0.39 is 5.97 Å². The minimum Gasteiger partial charge on any atom is -0.497 e. The Kier molecular flexibility index (Phi) is 4.32. The van der Waals surface area contributed by atoms with Crippen LogP contribution in [0.3, 0.4) is 0 Å². The highest BCUT2D eigenvalue weighted by Gasteiger charge is 2.06. The van der Waals surface area contributed by atoms with Crippen LogP contribution in [0.4, 0.5) is 0 Å². The average Bonchev–Trinajstić information content (AvgIpc) is 2.46. The highest BCUT2D eigenvalue weighted by atomic mass is 35.5. The molecule has 0 unspecified atom stereocenters. The SMILES string of the molecule is COc1cc(/C=C/c2cnc(Cl)nc2)cc(C(=O)O)c1. The molecule has 1 N–H and O–H groups in total. The molecule has 1 aromatic carbocycles. The van der Waals surface area contributed by atoms with Gasteiger partial charge < -0.3 is 9.84 Å². The summed E-state index contributed by atoms with van der Waals surface area (Å²) in [5.41, 5.74) is 1.63. The van der Waals surface area contributed by atoms with Gasteiger partial charge >= 0.3 is 5.97 Å². The number of methoxy groups -OCH3 is 1. The molecule has 0 atom stereocenters. The van der Waals surface area contributed by atoms with E-state index in [1.807, 2.05) is 0 Å². The molecule has 0 bridgehead atoms. The van der Waals surface area contributed by atoms with E-state index in [1.54, 1.807) is 36.7 Å². The lowest BCUT2D eigenvalue weighted by molar-refractivity contribution is 0.0696. The molecule has 0 aliphatic rings. The van der Waals surface area contributed by atoms with Crippen molar-refractivity contribution in [2.45, 2.75) is 0 Å². The largest absolute Gasteiger partial charge is 0.497 e. The van der Waals surface area contributed by atoms with Gasteiger partial charge in [-0.15, -0.1) is 0 Å². The van der Waals surface area contributed by atoms with Crippen LogP contribution < -0.4 is 4.74 Å². The summed E-state index contributed by atoms with van der Waals surface area (Å²) in [4.78, 5) is 18.7. The minimum atomic E-state index is -1.01. The molecule has 0 saturated carbocycles. The lowest BCUT2D eigenvalue weighted by atomic mass is 10.1. The Morgan fingerprint density at radius 3 is 2.45 bits per heavy atom. The summed E-state index contributed by atoms with van der Waals surface area (Å²) in [6.45, 7) is 0. The van der Waals surface area contributed by atoms with Crippen LogP contribution in [-0.4, -0.2) is 28.2 Å². The third-order valence-corrected chi connectivity index (χ3v) is 2.72. The van der Waals surface area contributed by atoms with Gasteiger partial charge in [0.05, 0.1) is 12.7 Å². The zero-order valence-electron chi connectivity index (χ0n) is 10.6. The summed E-state index contributed by atoms with van der Waals surface area (Å²) in [6.07, 6.45) is 6.66. The van der Waals surface area contributed by atoms with Gasteiger partial charge in [0.15, 0.2) is 0 Å². The molecule has 0 aliphatic heterocycles. The lowest BCUT2D eigenvalue weighted by Gasteiger charge is -2.03. The van der Waals surface area contributed by atoms with Gasteiger partial charge in [-0.25, -0.2) is 14.8 Å². The fraction of sp³-hybridized carbons (Fsp3) is 0.0714. The van der Waals surface area contributed by atoms with Crippen LogP contribution in [0.25, 0.3) is 12.2 Å². The number of aromatic carboxylic acids is 1. The fourth-order valence-electron chi connectivity index (χ4n) is 1.56. The van der Waals surface area contributed by atoms with Crippen LogP contribution >= 0.6 is 11.6 Å². The molecule has 6 heteroatoms. The predicted molar refractivity (Wildman–Crippen MR) is 75.9 cm³/mol. The highest BCUT2D eigenvalue weighted by molar-refractivity contribution is 6.28. The number of nitrogens with zero attached hydrogens (tertiary/aromatic N) is 2. The van der Waals surface area contributed by atoms with Crippen LogP contribution in [0, 0.1) is 0 Å². The molecule has 1 aromatic heterocycles. The Labute approximate surface area is 120 Å². The zero-order valence-corrected chi connectivity index (χ0v) is 11.3. The summed E-state index contributed by atoms with van der Waals surface area (Å²) < 4.78 is 5.07. The maximum atomic E-state index is 11.0. The molecule has 102 valence electrons. The molecule has 0 spiro atoms. The van der Waals surface area contributed by atoms with Crippen LogP contribution in [0.2, 0.25) is 5.28 Å². The molecule has 0 saturated heterocycles. The summed E-state index contributed by atoms with van der Waals surface area (Å²) in [5, 5.41) is 9.21. The van der Waals surface area contributed by atoms with Crippen molar-refractivity contribution in [3.05, 3.63) is 52.6 Å². The van der Waals surface area contributed by atoms with Gasteiger partial charge in [-0.2, -0.15) is 0 Å². The Hall–Kier alpha value is -2.40. The Morgan fingerprint density at radius 1 is 1.20 bits per heavy atom. The van der Waals surface area contributed by atoms with Crippen LogP contribution in [0.5, 0.6) is 5.75 Å². The molecular formula is C14H11ClN2O3. The summed E-state index contributed by atoms with van der Waals surface area (Å²) in [5.74, 6) is -0.523. The number of carbonyl (C=O) groups is 1.